The summed E-state index contributed by atoms with van der Waals surface area (Å²) >= 11 is 0. The lowest BCUT2D eigenvalue weighted by Gasteiger charge is -2.29. The summed E-state index contributed by atoms with van der Waals surface area (Å²) in [5, 5.41) is 13.9. The summed E-state index contributed by atoms with van der Waals surface area (Å²) in [7, 11) is 1.26. The number of phosphoric acid groups is 1. The maximum Gasteiger partial charge on any atom is 0.268 e. The van der Waals surface area contributed by atoms with Gasteiger partial charge in [0.2, 0.25) is 5.91 Å². The Kier molecular flexibility index (Phi) is 46.8. The minimum absolute atomic E-state index is 0.00371. The molecule has 0 aromatic carbocycles. The minimum atomic E-state index is -4.60. The van der Waals surface area contributed by atoms with Crippen molar-refractivity contribution in [1.29, 1.82) is 0 Å². The maximum atomic E-state index is 12.9. The monoisotopic (exact) mass is 937 g/mol. The van der Waals surface area contributed by atoms with Gasteiger partial charge >= 0.3 is 0 Å². The number of aliphatic hydroxyl groups excluding tert-OH is 1. The molecule has 1 amide bonds. The van der Waals surface area contributed by atoms with E-state index in [1.807, 2.05) is 27.2 Å². The van der Waals surface area contributed by atoms with E-state index in [4.69, 9.17) is 9.05 Å². The summed E-state index contributed by atoms with van der Waals surface area (Å²) in [4.78, 5) is 25.4. The Morgan fingerprint density at radius 2 is 0.892 bits per heavy atom. The van der Waals surface area contributed by atoms with Crippen molar-refractivity contribution in [3.8, 4) is 0 Å². The Morgan fingerprint density at radius 1 is 0.538 bits per heavy atom. The van der Waals surface area contributed by atoms with Crippen LogP contribution in [0.15, 0.2) is 36.5 Å². The van der Waals surface area contributed by atoms with E-state index >= 15 is 0 Å². The highest BCUT2D eigenvalue weighted by molar-refractivity contribution is 7.45. The van der Waals surface area contributed by atoms with Crippen molar-refractivity contribution >= 4 is 13.7 Å². The number of unbranched alkanes of at least 4 members (excludes halogenated alkanes) is 34. The number of amides is 1. The minimum Gasteiger partial charge on any atom is -0.756 e. The van der Waals surface area contributed by atoms with E-state index in [1.54, 1.807) is 6.08 Å². The lowest BCUT2D eigenvalue weighted by Crippen LogP contribution is -2.45. The van der Waals surface area contributed by atoms with Crippen molar-refractivity contribution in [2.75, 3.05) is 40.9 Å². The van der Waals surface area contributed by atoms with E-state index in [1.165, 1.54) is 180 Å². The highest BCUT2D eigenvalue weighted by atomic mass is 31.2. The van der Waals surface area contributed by atoms with E-state index in [9.17, 15) is 19.4 Å². The van der Waals surface area contributed by atoms with Gasteiger partial charge in [-0.05, 0) is 51.4 Å². The maximum absolute atomic E-state index is 12.9. The number of quaternary nitrogens is 1. The quantitative estimate of drug-likeness (QED) is 0.0272. The second-order valence-corrected chi connectivity index (χ2v) is 21.7. The number of hydrogen-bond acceptors (Lipinski definition) is 6. The molecule has 3 unspecified atom stereocenters. The van der Waals surface area contributed by atoms with Gasteiger partial charge in [-0.2, -0.15) is 0 Å². The van der Waals surface area contributed by atoms with Crippen LogP contribution in [0, 0.1) is 0 Å². The van der Waals surface area contributed by atoms with Gasteiger partial charge in [-0.25, -0.2) is 0 Å². The Bertz CT molecular complexity index is 1150. The number of likely N-dealkylation sites (N-methyl/N-ethyl adjacent to an activating group) is 1. The fourth-order valence-corrected chi connectivity index (χ4v) is 8.91. The van der Waals surface area contributed by atoms with Crippen LogP contribution in [-0.2, 0) is 18.4 Å². The molecule has 0 heterocycles. The molecule has 0 saturated heterocycles. The molecule has 8 nitrogen and oxygen atoms in total. The van der Waals surface area contributed by atoms with Gasteiger partial charge in [-0.1, -0.05) is 243 Å². The third kappa shape index (κ3) is 50.4. The van der Waals surface area contributed by atoms with Crippen LogP contribution in [0.2, 0.25) is 0 Å². The Balaban J connectivity index is 4.20. The Hall–Kier alpha value is -1.28. The van der Waals surface area contributed by atoms with Crippen LogP contribution in [0.25, 0.3) is 0 Å². The fourth-order valence-electron chi connectivity index (χ4n) is 8.18. The number of carbonyl (C=O) groups is 1. The summed E-state index contributed by atoms with van der Waals surface area (Å²) in [6, 6.07) is -0.894. The summed E-state index contributed by atoms with van der Waals surface area (Å²) in [6.45, 7) is 4.64. The molecular formula is C56H109N2O6P. The number of nitrogens with one attached hydrogen (secondary N) is 1. The number of rotatable bonds is 51. The molecule has 0 aliphatic carbocycles. The van der Waals surface area contributed by atoms with Crippen LogP contribution < -0.4 is 10.2 Å². The first kappa shape index (κ1) is 63.7. The number of carbonyl (C=O) groups excluding carboxylic acids is 1. The lowest BCUT2D eigenvalue weighted by molar-refractivity contribution is -0.870. The van der Waals surface area contributed by atoms with E-state index < -0.39 is 20.0 Å². The lowest BCUT2D eigenvalue weighted by atomic mass is 10.0. The van der Waals surface area contributed by atoms with Gasteiger partial charge in [-0.15, -0.1) is 0 Å². The van der Waals surface area contributed by atoms with Gasteiger partial charge in [0.1, 0.15) is 13.2 Å². The molecule has 384 valence electrons. The van der Waals surface area contributed by atoms with Crippen molar-refractivity contribution < 1.29 is 32.9 Å². The summed E-state index contributed by atoms with van der Waals surface area (Å²) in [5.41, 5.74) is 0. The predicted octanol–water partition coefficient (Wildman–Crippen LogP) is 16.0. The third-order valence-electron chi connectivity index (χ3n) is 12.6. The van der Waals surface area contributed by atoms with Crippen molar-refractivity contribution in [2.24, 2.45) is 0 Å². The Morgan fingerprint density at radius 3 is 1.29 bits per heavy atom. The van der Waals surface area contributed by atoms with Gasteiger partial charge in [-0.3, -0.25) is 9.36 Å². The molecule has 0 spiro atoms. The number of aliphatic hydroxyl groups is 1. The van der Waals surface area contributed by atoms with Gasteiger partial charge in [0.15, 0.2) is 0 Å². The van der Waals surface area contributed by atoms with Crippen LogP contribution in [0.3, 0.4) is 0 Å². The number of hydrogen-bond donors (Lipinski definition) is 2. The highest BCUT2D eigenvalue weighted by Gasteiger charge is 2.23. The largest absolute Gasteiger partial charge is 0.756 e. The molecule has 0 saturated carbocycles. The van der Waals surface area contributed by atoms with Crippen LogP contribution >= 0.6 is 7.82 Å². The molecule has 65 heavy (non-hydrogen) atoms. The third-order valence-corrected chi connectivity index (χ3v) is 13.6. The molecular weight excluding hydrogens is 828 g/mol. The summed E-state index contributed by atoms with van der Waals surface area (Å²) in [6.07, 6.45) is 60.7. The van der Waals surface area contributed by atoms with E-state index in [2.05, 4.69) is 43.5 Å². The van der Waals surface area contributed by atoms with Crippen LogP contribution in [0.4, 0.5) is 0 Å². The van der Waals surface area contributed by atoms with Crippen molar-refractivity contribution in [1.82, 2.24) is 5.32 Å². The molecule has 2 N–H and O–H groups in total. The second kappa shape index (κ2) is 47.8. The number of allylic oxidation sites excluding steroid dienone is 5. The van der Waals surface area contributed by atoms with E-state index in [0.717, 1.165) is 64.2 Å². The highest BCUT2D eigenvalue weighted by Crippen LogP contribution is 2.38. The molecule has 0 aliphatic rings. The van der Waals surface area contributed by atoms with E-state index in [0.29, 0.717) is 17.4 Å². The average Bonchev–Trinajstić information content (AvgIpc) is 3.26. The second-order valence-electron chi connectivity index (χ2n) is 20.3. The van der Waals surface area contributed by atoms with Gasteiger partial charge < -0.3 is 28.8 Å². The fraction of sp³-hybridized carbons (Fsp3) is 0.875. The molecule has 0 rings (SSSR count). The molecule has 3 atom stereocenters. The zero-order chi connectivity index (χ0) is 47.8. The smallest absolute Gasteiger partial charge is 0.268 e. The van der Waals surface area contributed by atoms with Crippen molar-refractivity contribution in [2.45, 2.75) is 276 Å². The molecule has 0 radical (unpaired) electrons. The first-order valence-electron chi connectivity index (χ1n) is 27.9. The number of phosphoric ester groups is 1. The standard InChI is InChI=1S/C56H109N2O6P/c1-6-8-10-12-14-16-18-20-22-24-25-26-27-28-29-30-31-32-33-34-35-37-39-41-43-45-47-49-55(59)54(53-64-65(61,62)63-52-51-58(3,4)5)57-56(60)50-48-46-44-42-40-38-36-23-21-19-17-15-13-11-9-7-2/h17,19,23,36,47,49,54-55,59H,6-16,18,20-22,24-35,37-46,48,50-53H2,1-5H3,(H-,57,60,61,62)/b19-17-,36-23-,49-47+. The van der Waals surface area contributed by atoms with Gasteiger partial charge in [0.05, 0.1) is 39.9 Å². The molecule has 9 heteroatoms. The Labute approximate surface area is 404 Å². The zero-order valence-corrected chi connectivity index (χ0v) is 44.6. The average molecular weight is 937 g/mol. The molecule has 0 aliphatic heterocycles. The topological polar surface area (TPSA) is 108 Å². The molecule has 0 aromatic heterocycles. The first-order valence-corrected chi connectivity index (χ1v) is 29.3. The van der Waals surface area contributed by atoms with Crippen LogP contribution in [0.5, 0.6) is 0 Å². The zero-order valence-electron chi connectivity index (χ0n) is 43.7. The number of nitrogens with zero attached hydrogens (tertiary/aromatic N) is 1. The predicted molar refractivity (Wildman–Crippen MR) is 279 cm³/mol. The molecule has 0 bridgehead atoms. The van der Waals surface area contributed by atoms with Gasteiger partial charge in [0.25, 0.3) is 7.82 Å². The van der Waals surface area contributed by atoms with Crippen LogP contribution in [-0.4, -0.2) is 68.5 Å². The van der Waals surface area contributed by atoms with Crippen molar-refractivity contribution in [3.63, 3.8) is 0 Å². The van der Waals surface area contributed by atoms with Crippen molar-refractivity contribution in [3.05, 3.63) is 36.5 Å². The first-order chi connectivity index (χ1) is 31.5. The van der Waals surface area contributed by atoms with Crippen LogP contribution in [0.1, 0.15) is 264 Å². The summed E-state index contributed by atoms with van der Waals surface area (Å²) in [5.74, 6) is -0.209. The molecule has 0 fully saturated rings. The SMILES string of the molecule is CCCCCC/C=C\C/C=C\CCCCCCCC(=O)NC(COP(=O)([O-])OCC[N+](C)(C)C)C(O)/C=C/CCCCCCCCCCCCCCCCCCCCCCCCCCC. The normalized spacial score (nSPS) is 14.3. The molecule has 0 aromatic rings. The van der Waals surface area contributed by atoms with E-state index in [-0.39, 0.29) is 19.1 Å². The van der Waals surface area contributed by atoms with Gasteiger partial charge in [0, 0.05) is 6.42 Å². The summed E-state index contributed by atoms with van der Waals surface area (Å²) < 4.78 is 23.3.